The van der Waals surface area contributed by atoms with E-state index in [1.54, 1.807) is 0 Å². The van der Waals surface area contributed by atoms with Gasteiger partial charge in [0.2, 0.25) is 0 Å². The fourth-order valence-electron chi connectivity index (χ4n) is 2.85. The Morgan fingerprint density at radius 3 is 3.15 bits per heavy atom. The Hall–Kier alpha value is -1.26. The molecule has 20 heavy (non-hydrogen) atoms. The van der Waals surface area contributed by atoms with Crippen LogP contribution in [0, 0.1) is 0 Å². The summed E-state index contributed by atoms with van der Waals surface area (Å²) >= 11 is 3.70. The second kappa shape index (κ2) is 4.93. The molecule has 2 aliphatic rings. The largest absolute Gasteiger partial charge is 0.318 e. The lowest BCUT2D eigenvalue weighted by atomic mass is 10.1. The first-order valence-corrected chi connectivity index (χ1v) is 8.77. The third kappa shape index (κ3) is 1.90. The van der Waals surface area contributed by atoms with Gasteiger partial charge in [-0.3, -0.25) is 4.99 Å². The molecular weight excluding hydrogens is 284 g/mol. The summed E-state index contributed by atoms with van der Waals surface area (Å²) in [5, 5.41) is 4.72. The standard InChI is InChI=1S/C16H16N2S2/c1-2-3-13-15(18-8-7-17-16(18)20-13)12-5-4-11-6-9-19-14(11)10-12/h4-6,9-10H,2-3,7-8H2,1H3. The van der Waals surface area contributed by atoms with Crippen molar-refractivity contribution in [3.8, 4) is 0 Å². The molecule has 1 aromatic heterocycles. The minimum Gasteiger partial charge on any atom is -0.318 e. The Morgan fingerprint density at radius 2 is 2.25 bits per heavy atom. The van der Waals surface area contributed by atoms with Crippen molar-refractivity contribution in [2.75, 3.05) is 13.1 Å². The highest BCUT2D eigenvalue weighted by atomic mass is 32.2. The van der Waals surface area contributed by atoms with Crippen LogP contribution in [-0.2, 0) is 0 Å². The zero-order valence-corrected chi connectivity index (χ0v) is 13.1. The van der Waals surface area contributed by atoms with Crippen molar-refractivity contribution < 1.29 is 0 Å². The van der Waals surface area contributed by atoms with E-state index in [2.05, 4.69) is 46.5 Å². The van der Waals surface area contributed by atoms with E-state index in [0.717, 1.165) is 19.5 Å². The van der Waals surface area contributed by atoms with Crippen LogP contribution >= 0.6 is 23.1 Å². The van der Waals surface area contributed by atoms with Crippen molar-refractivity contribution in [2.24, 2.45) is 4.99 Å². The molecule has 0 atom stereocenters. The van der Waals surface area contributed by atoms with Gasteiger partial charge in [0.1, 0.15) is 0 Å². The van der Waals surface area contributed by atoms with Crippen LogP contribution in [0.15, 0.2) is 39.5 Å². The molecule has 102 valence electrons. The first kappa shape index (κ1) is 12.5. The minimum absolute atomic E-state index is 0.937. The highest BCUT2D eigenvalue weighted by Gasteiger charge is 2.32. The predicted molar refractivity (Wildman–Crippen MR) is 90.3 cm³/mol. The molecule has 0 radical (unpaired) electrons. The maximum atomic E-state index is 4.62. The number of hydrogen-bond acceptors (Lipinski definition) is 4. The highest BCUT2D eigenvalue weighted by molar-refractivity contribution is 8.17. The van der Waals surface area contributed by atoms with Crippen LogP contribution in [0.1, 0.15) is 25.3 Å². The maximum Gasteiger partial charge on any atom is 0.168 e. The molecule has 2 nitrogen and oxygen atoms in total. The van der Waals surface area contributed by atoms with Gasteiger partial charge >= 0.3 is 0 Å². The molecule has 2 aromatic rings. The summed E-state index contributed by atoms with van der Waals surface area (Å²) in [5.74, 6) is 0. The summed E-state index contributed by atoms with van der Waals surface area (Å²) in [6.45, 7) is 4.22. The molecule has 0 spiro atoms. The number of hydrogen-bond donors (Lipinski definition) is 0. The fraction of sp³-hybridized carbons (Fsp3) is 0.312. The molecule has 0 saturated carbocycles. The van der Waals surface area contributed by atoms with E-state index in [-0.39, 0.29) is 0 Å². The van der Waals surface area contributed by atoms with E-state index in [1.807, 2.05) is 23.1 Å². The van der Waals surface area contributed by atoms with E-state index in [1.165, 1.54) is 37.8 Å². The zero-order chi connectivity index (χ0) is 13.5. The average Bonchev–Trinajstić information content (AvgIpc) is 3.12. The van der Waals surface area contributed by atoms with E-state index >= 15 is 0 Å². The summed E-state index contributed by atoms with van der Waals surface area (Å²) in [4.78, 5) is 8.52. The molecule has 1 aromatic carbocycles. The van der Waals surface area contributed by atoms with Gasteiger partial charge in [0.25, 0.3) is 0 Å². The van der Waals surface area contributed by atoms with Crippen molar-refractivity contribution >= 4 is 44.0 Å². The van der Waals surface area contributed by atoms with Gasteiger partial charge in [0.15, 0.2) is 5.17 Å². The van der Waals surface area contributed by atoms with Crippen molar-refractivity contribution in [1.82, 2.24) is 4.90 Å². The first-order valence-electron chi connectivity index (χ1n) is 7.07. The Kier molecular flexibility index (Phi) is 3.08. The number of fused-ring (bicyclic) bond motifs is 2. The number of rotatable bonds is 3. The molecule has 0 unspecified atom stereocenters. The van der Waals surface area contributed by atoms with Gasteiger partial charge in [-0.1, -0.05) is 37.2 Å². The molecular formula is C16H16N2S2. The van der Waals surface area contributed by atoms with Crippen molar-refractivity contribution in [3.05, 3.63) is 40.1 Å². The van der Waals surface area contributed by atoms with Crippen LogP contribution in [0.5, 0.6) is 0 Å². The first-order chi connectivity index (χ1) is 9.86. The smallest absolute Gasteiger partial charge is 0.168 e. The second-order valence-electron chi connectivity index (χ2n) is 5.11. The second-order valence-corrected chi connectivity index (χ2v) is 7.12. The molecule has 0 fully saturated rings. The molecule has 0 aliphatic carbocycles. The fourth-order valence-corrected chi connectivity index (χ4v) is 4.97. The zero-order valence-electron chi connectivity index (χ0n) is 11.4. The normalized spacial score (nSPS) is 18.1. The lowest BCUT2D eigenvalue weighted by molar-refractivity contribution is 0.646. The SMILES string of the molecule is CCCC1=C(c2ccc3ccsc3c2)N2CCN=C2S1. The Labute approximate surface area is 127 Å². The Balaban J connectivity index is 1.83. The Bertz CT molecular complexity index is 727. The van der Waals surface area contributed by atoms with Crippen LogP contribution in [0.4, 0.5) is 0 Å². The van der Waals surface area contributed by atoms with E-state index < -0.39 is 0 Å². The minimum atomic E-state index is 0.937. The number of nitrogens with zero attached hydrogens (tertiary/aromatic N) is 2. The van der Waals surface area contributed by atoms with Gasteiger partial charge in [-0.25, -0.2) is 0 Å². The van der Waals surface area contributed by atoms with Gasteiger partial charge in [0, 0.05) is 21.7 Å². The van der Waals surface area contributed by atoms with Gasteiger partial charge in [-0.2, -0.15) is 0 Å². The topological polar surface area (TPSA) is 15.6 Å². The van der Waals surface area contributed by atoms with Crippen molar-refractivity contribution in [1.29, 1.82) is 0 Å². The highest BCUT2D eigenvalue weighted by Crippen LogP contribution is 2.44. The quantitative estimate of drug-likeness (QED) is 0.810. The molecule has 0 amide bonds. The molecule has 2 aliphatic heterocycles. The monoisotopic (exact) mass is 300 g/mol. The number of allylic oxidation sites excluding steroid dienone is 1. The summed E-state index contributed by atoms with van der Waals surface area (Å²) < 4.78 is 1.38. The van der Waals surface area contributed by atoms with E-state index in [4.69, 9.17) is 0 Å². The lowest BCUT2D eigenvalue weighted by Gasteiger charge is -2.17. The average molecular weight is 300 g/mol. The number of aliphatic imine (C=N–C) groups is 1. The third-order valence-corrected chi connectivity index (χ3v) is 5.81. The van der Waals surface area contributed by atoms with Crippen LogP contribution in [0.25, 0.3) is 15.8 Å². The van der Waals surface area contributed by atoms with Crippen LogP contribution in [0.3, 0.4) is 0 Å². The van der Waals surface area contributed by atoms with Crippen molar-refractivity contribution in [3.63, 3.8) is 0 Å². The van der Waals surface area contributed by atoms with Gasteiger partial charge in [0.05, 0.1) is 12.2 Å². The van der Waals surface area contributed by atoms with Crippen molar-refractivity contribution in [2.45, 2.75) is 19.8 Å². The molecule has 3 heterocycles. The van der Waals surface area contributed by atoms with Crippen LogP contribution < -0.4 is 0 Å². The van der Waals surface area contributed by atoms with Gasteiger partial charge in [-0.15, -0.1) is 11.3 Å². The molecule has 4 heteroatoms. The Morgan fingerprint density at radius 1 is 1.30 bits per heavy atom. The van der Waals surface area contributed by atoms with E-state index in [9.17, 15) is 0 Å². The number of benzene rings is 1. The third-order valence-electron chi connectivity index (χ3n) is 3.76. The van der Waals surface area contributed by atoms with Crippen LogP contribution in [-0.4, -0.2) is 23.2 Å². The number of amidine groups is 1. The summed E-state index contributed by atoms with van der Waals surface area (Å²) in [7, 11) is 0. The predicted octanol–water partition coefficient (Wildman–Crippen LogP) is 4.79. The molecule has 4 rings (SSSR count). The van der Waals surface area contributed by atoms with Crippen LogP contribution in [0.2, 0.25) is 0 Å². The molecule has 0 N–H and O–H groups in total. The summed E-state index contributed by atoms with van der Waals surface area (Å²) in [5.41, 5.74) is 2.76. The van der Waals surface area contributed by atoms with Gasteiger partial charge < -0.3 is 4.90 Å². The number of thioether (sulfide) groups is 1. The van der Waals surface area contributed by atoms with E-state index in [0.29, 0.717) is 0 Å². The lowest BCUT2D eigenvalue weighted by Crippen LogP contribution is -2.19. The summed E-state index contributed by atoms with van der Waals surface area (Å²) in [6.07, 6.45) is 2.34. The maximum absolute atomic E-state index is 4.62. The van der Waals surface area contributed by atoms with Gasteiger partial charge in [-0.05, 0) is 29.3 Å². The molecule has 0 bridgehead atoms. The number of thiophene rings is 1. The molecule has 0 saturated heterocycles. The summed E-state index contributed by atoms with van der Waals surface area (Å²) in [6, 6.07) is 9.04.